The Kier molecular flexibility index (Phi) is 6.17. The lowest BCUT2D eigenvalue weighted by atomic mass is 9.97. The van der Waals surface area contributed by atoms with Gasteiger partial charge in [-0.3, -0.25) is 4.79 Å². The van der Waals surface area contributed by atoms with E-state index in [0.29, 0.717) is 41.6 Å². The molecule has 0 saturated carbocycles. The highest BCUT2D eigenvalue weighted by atomic mass is 32.2. The zero-order valence-corrected chi connectivity index (χ0v) is 17.9. The fraction of sp³-hybridized carbons (Fsp3) is 0.227. The molecule has 4 rings (SSSR count). The smallest absolute Gasteiger partial charge is 0.252 e. The lowest BCUT2D eigenvalue weighted by Crippen LogP contribution is -2.41. The van der Waals surface area contributed by atoms with Crippen molar-refractivity contribution in [1.82, 2.24) is 4.31 Å². The highest BCUT2D eigenvalue weighted by Crippen LogP contribution is 2.28. The van der Waals surface area contributed by atoms with E-state index in [1.807, 2.05) is 48.5 Å². The first kappa shape index (κ1) is 20.6. The molecule has 2 aromatic carbocycles. The van der Waals surface area contributed by atoms with Crippen molar-refractivity contribution in [3.8, 4) is 11.5 Å². The first-order valence-electron chi connectivity index (χ1n) is 9.70. The molecule has 8 heteroatoms. The van der Waals surface area contributed by atoms with Crippen molar-refractivity contribution in [3.63, 3.8) is 0 Å². The number of para-hydroxylation sites is 1. The van der Waals surface area contributed by atoms with Gasteiger partial charge >= 0.3 is 0 Å². The predicted octanol–water partition coefficient (Wildman–Crippen LogP) is 4.58. The van der Waals surface area contributed by atoms with Crippen molar-refractivity contribution in [1.29, 1.82) is 0 Å². The van der Waals surface area contributed by atoms with Crippen LogP contribution in [0.3, 0.4) is 0 Å². The minimum absolute atomic E-state index is 0.0972. The molecule has 1 saturated heterocycles. The molecular weight excluding hydrogens is 420 g/mol. The van der Waals surface area contributed by atoms with Gasteiger partial charge in [-0.1, -0.05) is 30.3 Å². The van der Waals surface area contributed by atoms with E-state index in [9.17, 15) is 13.2 Å². The number of thiophene rings is 1. The molecule has 1 amide bonds. The van der Waals surface area contributed by atoms with Crippen LogP contribution in [-0.2, 0) is 14.8 Å². The molecule has 156 valence electrons. The third-order valence-corrected chi connectivity index (χ3v) is 8.27. The van der Waals surface area contributed by atoms with Crippen LogP contribution in [0.4, 0.5) is 5.69 Å². The maximum Gasteiger partial charge on any atom is 0.252 e. The molecule has 2 heterocycles. The molecule has 0 bridgehead atoms. The Balaban J connectivity index is 1.35. The molecule has 1 fully saturated rings. The Hall–Kier alpha value is -2.68. The van der Waals surface area contributed by atoms with Crippen LogP contribution >= 0.6 is 11.3 Å². The summed E-state index contributed by atoms with van der Waals surface area (Å²) in [5, 5.41) is 4.69. The summed E-state index contributed by atoms with van der Waals surface area (Å²) in [4.78, 5) is 12.7. The first-order chi connectivity index (χ1) is 14.5. The lowest BCUT2D eigenvalue weighted by molar-refractivity contribution is -0.120. The molecule has 1 N–H and O–H groups in total. The summed E-state index contributed by atoms with van der Waals surface area (Å²) in [6.07, 6.45) is 0.993. The fourth-order valence-electron chi connectivity index (χ4n) is 3.40. The summed E-state index contributed by atoms with van der Waals surface area (Å²) in [5.74, 6) is 1.04. The minimum atomic E-state index is -3.46. The number of nitrogens with zero attached hydrogens (tertiary/aromatic N) is 1. The number of carbonyl (C=O) groups excluding carboxylic acids is 1. The Bertz CT molecular complexity index is 1090. The highest BCUT2D eigenvalue weighted by Gasteiger charge is 2.32. The topological polar surface area (TPSA) is 75.7 Å². The van der Waals surface area contributed by atoms with Crippen LogP contribution in [-0.4, -0.2) is 31.7 Å². The Morgan fingerprint density at radius 3 is 2.40 bits per heavy atom. The lowest BCUT2D eigenvalue weighted by Gasteiger charge is -2.30. The van der Waals surface area contributed by atoms with E-state index in [1.54, 1.807) is 23.6 Å². The van der Waals surface area contributed by atoms with Gasteiger partial charge in [-0.2, -0.15) is 4.31 Å². The van der Waals surface area contributed by atoms with E-state index in [4.69, 9.17) is 4.74 Å². The largest absolute Gasteiger partial charge is 0.457 e. The van der Waals surface area contributed by atoms with E-state index in [0.717, 1.165) is 5.75 Å². The Morgan fingerprint density at radius 2 is 1.70 bits per heavy atom. The van der Waals surface area contributed by atoms with Crippen LogP contribution < -0.4 is 10.1 Å². The van der Waals surface area contributed by atoms with Gasteiger partial charge in [-0.15, -0.1) is 11.3 Å². The zero-order valence-electron chi connectivity index (χ0n) is 16.2. The second-order valence-corrected chi connectivity index (χ2v) is 10.2. The molecule has 1 aliphatic rings. The van der Waals surface area contributed by atoms with Crippen LogP contribution in [0.15, 0.2) is 76.3 Å². The van der Waals surface area contributed by atoms with Gasteiger partial charge in [0.2, 0.25) is 5.91 Å². The standard InChI is InChI=1S/C22H22N2O4S2/c25-22(17-11-13-24(14-12-17)30(26,27)21-10-5-15-29-21)23-18-6-4-9-20(16-18)28-19-7-2-1-3-8-19/h1-10,15-17H,11-14H2,(H,23,25). The van der Waals surface area contributed by atoms with Crippen molar-refractivity contribution in [2.45, 2.75) is 17.1 Å². The van der Waals surface area contributed by atoms with Gasteiger partial charge in [0, 0.05) is 30.8 Å². The number of ether oxygens (including phenoxy) is 1. The van der Waals surface area contributed by atoms with Crippen LogP contribution in [0.25, 0.3) is 0 Å². The van der Waals surface area contributed by atoms with Crippen molar-refractivity contribution < 1.29 is 17.9 Å². The number of carbonyl (C=O) groups is 1. The summed E-state index contributed by atoms with van der Waals surface area (Å²) >= 11 is 1.21. The van der Waals surface area contributed by atoms with Crippen LogP contribution in [0.2, 0.25) is 0 Å². The average Bonchev–Trinajstić information content (AvgIpc) is 3.31. The van der Waals surface area contributed by atoms with E-state index >= 15 is 0 Å². The normalized spacial score (nSPS) is 15.6. The molecule has 0 radical (unpaired) electrons. The number of hydrogen-bond acceptors (Lipinski definition) is 5. The first-order valence-corrected chi connectivity index (χ1v) is 12.0. The van der Waals surface area contributed by atoms with Gasteiger partial charge in [-0.05, 0) is 48.6 Å². The maximum atomic E-state index is 12.7. The second-order valence-electron chi connectivity index (χ2n) is 7.04. The Morgan fingerprint density at radius 1 is 0.967 bits per heavy atom. The average molecular weight is 443 g/mol. The number of piperidine rings is 1. The van der Waals surface area contributed by atoms with E-state index in [2.05, 4.69) is 5.32 Å². The second kappa shape index (κ2) is 8.99. The van der Waals surface area contributed by atoms with Crippen molar-refractivity contribution >= 4 is 33.0 Å². The maximum absolute atomic E-state index is 12.7. The van der Waals surface area contributed by atoms with Crippen LogP contribution in [0, 0.1) is 5.92 Å². The molecule has 3 aromatic rings. The third kappa shape index (κ3) is 4.72. The van der Waals surface area contributed by atoms with Crippen molar-refractivity contribution in [2.75, 3.05) is 18.4 Å². The molecule has 6 nitrogen and oxygen atoms in total. The molecule has 0 aliphatic carbocycles. The number of amides is 1. The number of rotatable bonds is 6. The summed E-state index contributed by atoms with van der Waals surface area (Å²) in [6.45, 7) is 0.685. The van der Waals surface area contributed by atoms with Gasteiger partial charge in [0.05, 0.1) is 0 Å². The number of sulfonamides is 1. The van der Waals surface area contributed by atoms with Gasteiger partial charge < -0.3 is 10.1 Å². The number of anilines is 1. The van der Waals surface area contributed by atoms with Crippen LogP contribution in [0.1, 0.15) is 12.8 Å². The molecule has 1 aliphatic heterocycles. The SMILES string of the molecule is O=C(Nc1cccc(Oc2ccccc2)c1)C1CCN(S(=O)(=O)c2cccs2)CC1. The molecular formula is C22H22N2O4S2. The van der Waals surface area contributed by atoms with E-state index < -0.39 is 10.0 Å². The minimum Gasteiger partial charge on any atom is -0.457 e. The summed E-state index contributed by atoms with van der Waals surface area (Å²) in [7, 11) is -3.46. The Labute approximate surface area is 180 Å². The summed E-state index contributed by atoms with van der Waals surface area (Å²) in [6, 6.07) is 20.0. The number of hydrogen-bond donors (Lipinski definition) is 1. The van der Waals surface area contributed by atoms with Crippen LogP contribution in [0.5, 0.6) is 11.5 Å². The molecule has 0 unspecified atom stereocenters. The predicted molar refractivity (Wildman–Crippen MR) is 117 cm³/mol. The molecule has 0 spiro atoms. The van der Waals surface area contributed by atoms with Gasteiger partial charge in [0.1, 0.15) is 15.7 Å². The monoisotopic (exact) mass is 442 g/mol. The van der Waals surface area contributed by atoms with E-state index in [1.165, 1.54) is 15.6 Å². The summed E-state index contributed by atoms with van der Waals surface area (Å²) in [5.41, 5.74) is 0.655. The third-order valence-electron chi connectivity index (χ3n) is 4.99. The molecule has 30 heavy (non-hydrogen) atoms. The molecule has 0 atom stereocenters. The van der Waals surface area contributed by atoms with Crippen molar-refractivity contribution in [2.24, 2.45) is 5.92 Å². The van der Waals surface area contributed by atoms with Gasteiger partial charge in [-0.25, -0.2) is 8.42 Å². The number of nitrogens with one attached hydrogen (secondary N) is 1. The zero-order chi connectivity index (χ0) is 21.0. The fourth-order valence-corrected chi connectivity index (χ4v) is 6.02. The quantitative estimate of drug-likeness (QED) is 0.606. The van der Waals surface area contributed by atoms with Gasteiger partial charge in [0.25, 0.3) is 10.0 Å². The highest BCUT2D eigenvalue weighted by molar-refractivity contribution is 7.91. The van der Waals surface area contributed by atoms with Crippen molar-refractivity contribution in [3.05, 3.63) is 72.1 Å². The van der Waals surface area contributed by atoms with Gasteiger partial charge in [0.15, 0.2) is 0 Å². The number of benzene rings is 2. The summed E-state index contributed by atoms with van der Waals surface area (Å²) < 4.78 is 32.9. The molecule has 1 aromatic heterocycles. The van der Waals surface area contributed by atoms with E-state index in [-0.39, 0.29) is 11.8 Å².